The van der Waals surface area contributed by atoms with E-state index in [2.05, 4.69) is 76.2 Å². The van der Waals surface area contributed by atoms with Gasteiger partial charge in [0, 0.05) is 0 Å². The molecule has 27 heavy (non-hydrogen) atoms. The lowest BCUT2D eigenvalue weighted by molar-refractivity contribution is 0.265. The largest absolute Gasteiger partial charge is 0.478 e. The Bertz CT molecular complexity index is 806. The summed E-state index contributed by atoms with van der Waals surface area (Å²) in [5, 5.41) is 0. The number of benzene rings is 2. The second-order valence-electron chi connectivity index (χ2n) is 7.97. The molecule has 0 fully saturated rings. The fourth-order valence-corrected chi connectivity index (χ4v) is 3.44. The van der Waals surface area contributed by atoms with Crippen molar-refractivity contribution < 1.29 is 9.47 Å². The van der Waals surface area contributed by atoms with Crippen molar-refractivity contribution in [2.24, 2.45) is 15.4 Å². The highest BCUT2D eigenvalue weighted by Gasteiger charge is 2.41. The van der Waals surface area contributed by atoms with E-state index in [0.717, 1.165) is 0 Å². The van der Waals surface area contributed by atoms with Gasteiger partial charge in [-0.25, -0.2) is 9.98 Å². The fraction of sp³-hybridized carbons (Fsp3) is 0.391. The Balaban J connectivity index is 1.54. The van der Waals surface area contributed by atoms with Gasteiger partial charge in [-0.15, -0.1) is 0 Å². The summed E-state index contributed by atoms with van der Waals surface area (Å²) >= 11 is 0. The standard InChI is InChI=1S/C23H26N2O2/c1-15-5-9-17(10-6-15)19-13-26-21(24-19)23(3,4)22-25-20(14-27-22)18-11-7-16(2)8-12-18/h5-12,19-20H,13-14H2,1-4H3. The van der Waals surface area contributed by atoms with Crippen LogP contribution < -0.4 is 0 Å². The Hall–Kier alpha value is -2.62. The molecular weight excluding hydrogens is 336 g/mol. The maximum absolute atomic E-state index is 5.97. The van der Waals surface area contributed by atoms with E-state index in [9.17, 15) is 0 Å². The lowest BCUT2D eigenvalue weighted by Crippen LogP contribution is -2.34. The van der Waals surface area contributed by atoms with Gasteiger partial charge in [-0.3, -0.25) is 0 Å². The molecule has 2 aliphatic heterocycles. The van der Waals surface area contributed by atoms with Crippen LogP contribution in [0.4, 0.5) is 0 Å². The van der Waals surface area contributed by atoms with Gasteiger partial charge in [-0.2, -0.15) is 0 Å². The normalized spacial score (nSPS) is 22.1. The molecule has 4 heteroatoms. The number of hydrogen-bond acceptors (Lipinski definition) is 4. The van der Waals surface area contributed by atoms with E-state index in [1.807, 2.05) is 0 Å². The first kappa shape index (κ1) is 17.8. The smallest absolute Gasteiger partial charge is 0.199 e. The molecular formula is C23H26N2O2. The summed E-state index contributed by atoms with van der Waals surface area (Å²) in [5.74, 6) is 1.41. The minimum absolute atomic E-state index is 0.0368. The van der Waals surface area contributed by atoms with Gasteiger partial charge in [0.2, 0.25) is 0 Å². The van der Waals surface area contributed by atoms with Crippen molar-refractivity contribution in [2.45, 2.75) is 39.8 Å². The Morgan fingerprint density at radius 3 is 1.44 bits per heavy atom. The highest BCUT2D eigenvalue weighted by atomic mass is 16.5. The highest BCUT2D eigenvalue weighted by molar-refractivity contribution is 6.05. The predicted octanol–water partition coefficient (Wildman–Crippen LogP) is 4.97. The van der Waals surface area contributed by atoms with Crippen molar-refractivity contribution in [3.63, 3.8) is 0 Å². The monoisotopic (exact) mass is 362 g/mol. The van der Waals surface area contributed by atoms with Crippen molar-refractivity contribution in [1.29, 1.82) is 0 Å². The summed E-state index contributed by atoms with van der Waals surface area (Å²) in [6, 6.07) is 17.0. The molecule has 2 heterocycles. The van der Waals surface area contributed by atoms with Crippen LogP contribution in [0.15, 0.2) is 58.5 Å². The average Bonchev–Trinajstić information content (AvgIpc) is 3.34. The van der Waals surface area contributed by atoms with Gasteiger partial charge in [0.05, 0.1) is 0 Å². The zero-order valence-electron chi connectivity index (χ0n) is 16.4. The Morgan fingerprint density at radius 2 is 1.07 bits per heavy atom. The van der Waals surface area contributed by atoms with E-state index in [0.29, 0.717) is 25.0 Å². The van der Waals surface area contributed by atoms with E-state index >= 15 is 0 Å². The number of ether oxygens (including phenoxy) is 2. The molecule has 2 aromatic rings. The lowest BCUT2D eigenvalue weighted by atomic mass is 9.93. The number of hydrogen-bond donors (Lipinski definition) is 0. The Kier molecular flexibility index (Phi) is 4.50. The van der Waals surface area contributed by atoms with Crippen LogP contribution in [0.3, 0.4) is 0 Å². The van der Waals surface area contributed by atoms with E-state index in [-0.39, 0.29) is 12.1 Å². The van der Waals surface area contributed by atoms with Gasteiger partial charge in [0.25, 0.3) is 0 Å². The van der Waals surface area contributed by atoms with Gasteiger partial charge in [0.15, 0.2) is 11.8 Å². The van der Waals surface area contributed by atoms with Gasteiger partial charge in [-0.05, 0) is 38.8 Å². The molecule has 2 unspecified atom stereocenters. The molecule has 0 bridgehead atoms. The summed E-state index contributed by atoms with van der Waals surface area (Å²) in [7, 11) is 0. The number of nitrogens with zero attached hydrogens (tertiary/aromatic N) is 2. The molecule has 0 N–H and O–H groups in total. The van der Waals surface area contributed by atoms with Gasteiger partial charge < -0.3 is 9.47 Å². The summed E-state index contributed by atoms with van der Waals surface area (Å²) < 4.78 is 11.9. The zero-order valence-corrected chi connectivity index (χ0v) is 16.4. The Labute approximate surface area is 161 Å². The molecule has 4 nitrogen and oxygen atoms in total. The number of aliphatic imine (C=N–C) groups is 2. The maximum atomic E-state index is 5.97. The van der Waals surface area contributed by atoms with Gasteiger partial charge in [-0.1, -0.05) is 59.7 Å². The van der Waals surface area contributed by atoms with Crippen LogP contribution >= 0.6 is 0 Å². The maximum Gasteiger partial charge on any atom is 0.199 e. The molecule has 0 spiro atoms. The SMILES string of the molecule is Cc1ccc(C2COC(C(C)(C)C3=NC(c4ccc(C)cc4)CO3)=N2)cc1. The molecule has 0 aromatic heterocycles. The number of aryl methyl sites for hydroxylation is 2. The Morgan fingerprint density at radius 1 is 0.704 bits per heavy atom. The van der Waals surface area contributed by atoms with Gasteiger partial charge in [0.1, 0.15) is 30.7 Å². The molecule has 0 aliphatic carbocycles. The van der Waals surface area contributed by atoms with Crippen LogP contribution in [0.25, 0.3) is 0 Å². The molecule has 0 saturated heterocycles. The topological polar surface area (TPSA) is 43.2 Å². The van der Waals surface area contributed by atoms with E-state index < -0.39 is 5.41 Å². The quantitative estimate of drug-likeness (QED) is 0.771. The van der Waals surface area contributed by atoms with E-state index in [1.165, 1.54) is 22.3 Å². The van der Waals surface area contributed by atoms with Gasteiger partial charge >= 0.3 is 0 Å². The van der Waals surface area contributed by atoms with Crippen LogP contribution in [0, 0.1) is 19.3 Å². The minimum atomic E-state index is -0.473. The fourth-order valence-electron chi connectivity index (χ4n) is 3.44. The lowest BCUT2D eigenvalue weighted by Gasteiger charge is -2.22. The second-order valence-corrected chi connectivity index (χ2v) is 7.97. The molecule has 140 valence electrons. The molecule has 4 rings (SSSR count). The molecule has 0 saturated carbocycles. The minimum Gasteiger partial charge on any atom is -0.478 e. The molecule has 2 aliphatic rings. The van der Waals surface area contributed by atoms with Crippen molar-refractivity contribution in [1.82, 2.24) is 0 Å². The van der Waals surface area contributed by atoms with Crippen molar-refractivity contribution in [2.75, 3.05) is 13.2 Å². The summed E-state index contributed by atoms with van der Waals surface area (Å²) in [6.45, 7) is 9.45. The van der Waals surface area contributed by atoms with Crippen molar-refractivity contribution >= 4 is 11.8 Å². The molecule has 0 radical (unpaired) electrons. The number of rotatable bonds is 4. The van der Waals surface area contributed by atoms with Crippen LogP contribution in [-0.4, -0.2) is 25.0 Å². The first-order chi connectivity index (χ1) is 12.9. The summed E-state index contributed by atoms with van der Waals surface area (Å²) in [4.78, 5) is 9.69. The van der Waals surface area contributed by atoms with E-state index in [4.69, 9.17) is 19.5 Å². The molecule has 2 atom stereocenters. The van der Waals surface area contributed by atoms with E-state index in [1.54, 1.807) is 0 Å². The van der Waals surface area contributed by atoms with Crippen LogP contribution in [-0.2, 0) is 9.47 Å². The average molecular weight is 362 g/mol. The third-order valence-electron chi connectivity index (χ3n) is 5.30. The first-order valence-electron chi connectivity index (χ1n) is 9.49. The van der Waals surface area contributed by atoms with Crippen LogP contribution in [0.1, 0.15) is 48.2 Å². The van der Waals surface area contributed by atoms with Crippen LogP contribution in [0.2, 0.25) is 0 Å². The third-order valence-corrected chi connectivity index (χ3v) is 5.30. The second kappa shape index (κ2) is 6.84. The molecule has 0 amide bonds. The summed E-state index contributed by atoms with van der Waals surface area (Å²) in [6.07, 6.45) is 0. The van der Waals surface area contributed by atoms with Crippen LogP contribution in [0.5, 0.6) is 0 Å². The highest BCUT2D eigenvalue weighted by Crippen LogP contribution is 2.35. The third kappa shape index (κ3) is 3.48. The summed E-state index contributed by atoms with van der Waals surface area (Å²) in [5.41, 5.74) is 4.38. The first-order valence-corrected chi connectivity index (χ1v) is 9.49. The van der Waals surface area contributed by atoms with Crippen molar-refractivity contribution in [3.05, 3.63) is 70.8 Å². The van der Waals surface area contributed by atoms with Crippen molar-refractivity contribution in [3.8, 4) is 0 Å². The molecule has 2 aromatic carbocycles. The zero-order chi connectivity index (χ0) is 19.0. The predicted molar refractivity (Wildman–Crippen MR) is 108 cm³/mol.